The molecule has 5 N–H and O–H groups in total. The average Bonchev–Trinajstić information content (AvgIpc) is 1.69. The fraction of sp³-hybridized carbons (Fsp3) is 0.474. The molecular weight excluding hydrogens is 1700 g/mol. The van der Waals surface area contributed by atoms with Gasteiger partial charge in [-0.1, -0.05) is 12.1 Å². The molecule has 7 fully saturated rings. The summed E-state index contributed by atoms with van der Waals surface area (Å²) in [7, 11) is 6.31. The molecule has 17 rings (SSSR count). The van der Waals surface area contributed by atoms with Crippen molar-refractivity contribution in [2.75, 3.05) is 197 Å². The fourth-order valence-electron chi connectivity index (χ4n) is 15.2. The molecule has 7 aliphatic rings. The van der Waals surface area contributed by atoms with Crippen LogP contribution < -0.4 is 31.5 Å². The van der Waals surface area contributed by atoms with Gasteiger partial charge in [-0.15, -0.1) is 15.3 Å². The summed E-state index contributed by atoms with van der Waals surface area (Å²) >= 11 is -2.25. The molecule has 9 aromatic heterocycles. The Morgan fingerprint density at radius 1 is 0.447 bits per heavy atom. The molecule has 16 heterocycles. The SMILES string of the molecule is CN1CCN(Cc2cc3c(N4CC5CCC(C4)O5)nc(-c4cnc(N)cc4C(F)(F)F)nn3c2)CC1.CN1CCN(Cc2cc3c(N4CCOCC4)nc(-c4cnc(N)cc4C(F)(F)F)nn3c2)CC1.CN1CCN(Cc2cc3c(N4CCOCC4)nc(-c4cnc(NC(=O)Cc5ccc(F)cc5)cc4C(F)(F)F)nn3c2)CC1.O=S=O.O=S=O.O=S=O. The molecule has 0 spiro atoms. The molecule has 34 nitrogen and oxygen atoms in total. The molecule has 7 aliphatic heterocycles. The van der Waals surface area contributed by atoms with E-state index in [2.05, 4.69) is 107 Å². The lowest BCUT2D eigenvalue weighted by atomic mass is 10.1. The summed E-state index contributed by atoms with van der Waals surface area (Å²) < 4.78 is 211. The van der Waals surface area contributed by atoms with Gasteiger partial charge in [0.15, 0.2) is 34.9 Å². The van der Waals surface area contributed by atoms with Crippen molar-refractivity contribution in [3.05, 3.63) is 143 Å². The van der Waals surface area contributed by atoms with Gasteiger partial charge >= 0.3 is 53.2 Å². The molecule has 1 amide bonds. The first kappa shape index (κ1) is 91.6. The highest BCUT2D eigenvalue weighted by Gasteiger charge is 2.41. The van der Waals surface area contributed by atoms with Gasteiger partial charge in [0.25, 0.3) is 0 Å². The second-order valence-corrected chi connectivity index (χ2v) is 30.5. The highest BCUT2D eigenvalue weighted by molar-refractivity contribution is 7.52. The van der Waals surface area contributed by atoms with E-state index < -0.39 is 81.7 Å². The first-order chi connectivity index (χ1) is 58.9. The zero-order valence-corrected chi connectivity index (χ0v) is 69.3. The van der Waals surface area contributed by atoms with Gasteiger partial charge in [-0.05, 0) is 105 Å². The molecule has 0 saturated carbocycles. The predicted molar refractivity (Wildman–Crippen MR) is 432 cm³/mol. The van der Waals surface area contributed by atoms with Crippen LogP contribution in [0.1, 0.15) is 51.8 Å². The molecule has 660 valence electrons. The molecule has 2 unspecified atom stereocenters. The number of piperazine rings is 3. The number of hydrogen-bond donors (Lipinski definition) is 3. The summed E-state index contributed by atoms with van der Waals surface area (Å²) in [6.45, 7) is 19.4. The zero-order chi connectivity index (χ0) is 87.9. The fourth-order valence-corrected chi connectivity index (χ4v) is 15.2. The number of carbonyl (C=O) groups excluding carboxylic acids is 1. The largest absolute Gasteiger partial charge is 0.417 e. The van der Waals surface area contributed by atoms with Gasteiger partial charge in [-0.25, -0.2) is 47.8 Å². The van der Waals surface area contributed by atoms with Crippen LogP contribution >= 0.6 is 0 Å². The third kappa shape index (κ3) is 24.1. The first-order valence-electron chi connectivity index (χ1n) is 38.9. The number of nitrogens with zero attached hydrogens (tertiary/aromatic N) is 21. The molecule has 1 aromatic carbocycles. The van der Waals surface area contributed by atoms with Crippen molar-refractivity contribution in [2.24, 2.45) is 0 Å². The summed E-state index contributed by atoms with van der Waals surface area (Å²) in [5.74, 6) is -0.197. The van der Waals surface area contributed by atoms with Crippen LogP contribution in [0.4, 0.5) is 78.8 Å². The zero-order valence-electron chi connectivity index (χ0n) is 66.8. The van der Waals surface area contributed by atoms with E-state index >= 15 is 0 Å². The Labute approximate surface area is 708 Å². The lowest BCUT2D eigenvalue weighted by Gasteiger charge is -2.33. The predicted octanol–water partition coefficient (Wildman–Crippen LogP) is 6.19. The van der Waals surface area contributed by atoms with Crippen molar-refractivity contribution in [1.82, 2.24) is 88.1 Å². The van der Waals surface area contributed by atoms with Crippen LogP contribution in [0.15, 0.2) is 97.8 Å². The molecule has 2 bridgehead atoms. The van der Waals surface area contributed by atoms with Gasteiger partial charge in [-0.2, -0.15) is 64.8 Å². The van der Waals surface area contributed by atoms with Gasteiger partial charge in [0.2, 0.25) is 5.91 Å². The van der Waals surface area contributed by atoms with Gasteiger partial charge in [0.05, 0.1) is 78.4 Å². The van der Waals surface area contributed by atoms with Crippen molar-refractivity contribution < 1.29 is 88.2 Å². The molecule has 123 heavy (non-hydrogen) atoms. The van der Waals surface area contributed by atoms with E-state index in [0.717, 1.165) is 169 Å². The number of nitrogens with two attached hydrogens (primary N) is 2. The van der Waals surface area contributed by atoms with E-state index in [1.807, 2.05) is 40.5 Å². The number of hydrogen-bond acceptors (Lipinski definition) is 30. The minimum Gasteiger partial charge on any atom is -0.384 e. The van der Waals surface area contributed by atoms with Crippen molar-refractivity contribution in [3.8, 4) is 34.2 Å². The monoisotopic (exact) mass is 1780 g/mol. The van der Waals surface area contributed by atoms with E-state index in [0.29, 0.717) is 101 Å². The normalized spacial score (nSPS) is 18.4. The number of alkyl halides is 9. The van der Waals surface area contributed by atoms with Crippen LogP contribution in [-0.4, -0.2) is 297 Å². The number of nitrogen functional groups attached to an aromatic ring is 2. The third-order valence-corrected chi connectivity index (χ3v) is 21.4. The van der Waals surface area contributed by atoms with E-state index in [-0.39, 0.29) is 70.2 Å². The number of aromatic nitrogens is 12. The van der Waals surface area contributed by atoms with Crippen molar-refractivity contribution in [1.29, 1.82) is 0 Å². The number of anilines is 6. The number of carbonyl (C=O) groups is 1. The third-order valence-electron chi connectivity index (χ3n) is 21.4. The van der Waals surface area contributed by atoms with E-state index in [1.165, 1.54) is 24.3 Å². The second kappa shape index (κ2) is 41.3. The summed E-state index contributed by atoms with van der Waals surface area (Å²) in [4.78, 5) is 58.5. The van der Waals surface area contributed by atoms with Gasteiger partial charge < -0.3 is 60.4 Å². The number of morpholine rings is 3. The molecule has 2 atom stereocenters. The summed E-state index contributed by atoms with van der Waals surface area (Å²) in [5.41, 5.74) is 13.4. The first-order valence-corrected chi connectivity index (χ1v) is 40.9. The van der Waals surface area contributed by atoms with Crippen LogP contribution in [0.3, 0.4) is 0 Å². The summed E-state index contributed by atoms with van der Waals surface area (Å²) in [6, 6.07) is 13.8. The Hall–Kier alpha value is -10.6. The minimum absolute atomic E-state index is 0.0297. The maximum atomic E-state index is 14.4. The molecule has 7 saturated heterocycles. The number of halogens is 10. The standard InChI is InChI=1S/C30H32F4N8O2.C24H29F3N8O.C22H27F3N8O.3O2S/c1-39-6-8-40(9-7-39)18-21-14-25-29(41-10-12-44-13-11-41)37-28(38-42(25)19-21)23-17-35-26(16-24(23)30(32,33)34)36-27(43)15-20-2-4-22(31)5-3-20;1-32-4-6-33(7-5-32)11-15-8-20-23(34-13-16-2-3-17(14-34)36-16)30-22(31-35(20)12-15)18-10-29-21(28)9-19(18)24(25,26)27;1-30-2-4-31(5-3-30)13-15-10-18-21(32-6-8-34-9-7-32)28-20(29-33(18)14-15)16-12-27-19(26)11-17(16)22(23,24)25;3*1-3-2/h2-5,14,16-17,19H,6-13,15,18H2,1H3,(H,35,36,43);8-10,12,16-17H,2-7,11,13-14H2,1H3,(H2,28,29);10-12,14H,2-9,13H2,1H3,(H2,26,27);;;. The van der Waals surface area contributed by atoms with Gasteiger partial charge in [-0.3, -0.25) is 19.5 Å². The molecular formula is C76H88F10N24O10S3. The molecule has 10 aromatic rings. The van der Waals surface area contributed by atoms with Crippen LogP contribution in [0.25, 0.3) is 50.7 Å². The Morgan fingerprint density at radius 3 is 1.11 bits per heavy atom. The topological polar surface area (TPSA) is 370 Å². The maximum Gasteiger partial charge on any atom is 0.417 e. The highest BCUT2D eigenvalue weighted by Crippen LogP contribution is 2.42. The van der Waals surface area contributed by atoms with E-state index in [1.54, 1.807) is 13.5 Å². The number of nitrogens with one attached hydrogen (secondary N) is 1. The van der Waals surface area contributed by atoms with Crippen LogP contribution in [0.5, 0.6) is 0 Å². The maximum absolute atomic E-state index is 14.4. The van der Waals surface area contributed by atoms with Crippen molar-refractivity contribution in [3.63, 3.8) is 0 Å². The number of pyridine rings is 3. The highest BCUT2D eigenvalue weighted by atomic mass is 32.1. The lowest BCUT2D eigenvalue weighted by Crippen LogP contribution is -2.43. The number of ether oxygens (including phenoxy) is 3. The van der Waals surface area contributed by atoms with Crippen LogP contribution in [0.2, 0.25) is 0 Å². The Balaban J connectivity index is 0.000000162. The Bertz CT molecular complexity index is 5370. The van der Waals surface area contributed by atoms with Crippen LogP contribution in [0, 0.1) is 5.82 Å². The summed E-state index contributed by atoms with van der Waals surface area (Å²) in [6.07, 6.45) is -3.16. The molecule has 0 aliphatic carbocycles. The lowest BCUT2D eigenvalue weighted by molar-refractivity contribution is -0.138. The summed E-state index contributed by atoms with van der Waals surface area (Å²) in [5, 5.41) is 15.9. The Kier molecular flexibility index (Phi) is 30.7. The van der Waals surface area contributed by atoms with E-state index in [9.17, 15) is 48.7 Å². The van der Waals surface area contributed by atoms with Gasteiger partial charge in [0.1, 0.15) is 39.8 Å². The average molecular weight is 1780 g/mol. The second-order valence-electron chi connectivity index (χ2n) is 30.1. The van der Waals surface area contributed by atoms with Crippen molar-refractivity contribution >= 4 is 92.1 Å². The number of rotatable bonds is 15. The smallest absolute Gasteiger partial charge is 0.384 e. The minimum atomic E-state index is -4.78. The van der Waals surface area contributed by atoms with Crippen molar-refractivity contribution in [2.45, 2.75) is 69.6 Å². The molecule has 0 radical (unpaired) electrons. The quantitative estimate of drug-likeness (QED) is 0.0963. The number of benzene rings is 1. The van der Waals surface area contributed by atoms with E-state index in [4.69, 9.17) is 55.9 Å². The van der Waals surface area contributed by atoms with Gasteiger partial charge in [0, 0.05) is 175 Å². The Morgan fingerprint density at radius 2 is 0.772 bits per heavy atom. The van der Waals surface area contributed by atoms with Crippen LogP contribution in [-0.2, 0) is 98.3 Å². The molecule has 47 heteroatoms. The number of amides is 1. The number of likely N-dealkylation sites (N-methyl/N-ethyl adjacent to an activating group) is 3. The number of fused-ring (bicyclic) bond motifs is 5.